The maximum atomic E-state index is 5.86. The molecule has 0 aromatic heterocycles. The lowest BCUT2D eigenvalue weighted by Gasteiger charge is -2.12. The first kappa shape index (κ1) is 8.46. The molecule has 6 nitrogen and oxygen atoms in total. The summed E-state index contributed by atoms with van der Waals surface area (Å²) in [6.45, 7) is 1.84. The van der Waals surface area contributed by atoms with Crippen LogP contribution in [0.3, 0.4) is 0 Å². The molecular formula is C9H12N6. The zero-order chi connectivity index (χ0) is 10.6. The van der Waals surface area contributed by atoms with Gasteiger partial charge in [-0.2, -0.15) is 4.98 Å². The standard InChI is InChI=1S/C9H12N6/c1-4-12-6-7(5-2-3-5)15(11)9(10)14-8(6)13-4/h5H,2-3,11H2,1H3,(H2,10,12,13,14). The van der Waals surface area contributed by atoms with Crippen LogP contribution in [0.4, 0.5) is 5.95 Å². The van der Waals surface area contributed by atoms with Crippen LogP contribution in [-0.4, -0.2) is 19.6 Å². The number of fused-ring (bicyclic) bond motifs is 1. The van der Waals surface area contributed by atoms with Crippen LogP contribution in [0.25, 0.3) is 11.5 Å². The molecule has 1 saturated carbocycles. The van der Waals surface area contributed by atoms with Crippen LogP contribution in [0, 0.1) is 6.92 Å². The van der Waals surface area contributed by atoms with Gasteiger partial charge in [0.2, 0.25) is 5.95 Å². The van der Waals surface area contributed by atoms with Crippen molar-refractivity contribution in [1.29, 1.82) is 0 Å². The molecule has 2 heterocycles. The smallest absolute Gasteiger partial charge is 0.221 e. The number of rotatable bonds is 1. The Morgan fingerprint density at radius 2 is 2.00 bits per heavy atom. The van der Waals surface area contributed by atoms with Gasteiger partial charge < -0.3 is 11.6 Å². The van der Waals surface area contributed by atoms with E-state index < -0.39 is 0 Å². The van der Waals surface area contributed by atoms with Crippen molar-refractivity contribution in [3.63, 3.8) is 0 Å². The highest BCUT2D eigenvalue weighted by Crippen LogP contribution is 2.43. The number of anilines is 1. The minimum absolute atomic E-state index is 0.296. The molecule has 4 N–H and O–H groups in total. The van der Waals surface area contributed by atoms with Crippen LogP contribution in [-0.2, 0) is 0 Å². The van der Waals surface area contributed by atoms with Crippen molar-refractivity contribution >= 4 is 5.95 Å². The maximum Gasteiger partial charge on any atom is 0.221 e. The zero-order valence-electron chi connectivity index (χ0n) is 8.44. The number of hydrogen-bond donors (Lipinski definition) is 2. The van der Waals surface area contributed by atoms with Crippen molar-refractivity contribution in [2.75, 3.05) is 11.6 Å². The molecular weight excluding hydrogens is 192 g/mol. The van der Waals surface area contributed by atoms with Crippen LogP contribution in [0.1, 0.15) is 30.3 Å². The summed E-state index contributed by atoms with van der Waals surface area (Å²) in [4.78, 5) is 12.7. The van der Waals surface area contributed by atoms with Gasteiger partial charge in [0, 0.05) is 5.92 Å². The van der Waals surface area contributed by atoms with Crippen LogP contribution in [0.2, 0.25) is 0 Å². The zero-order valence-corrected chi connectivity index (χ0v) is 8.44. The second-order valence-electron chi connectivity index (χ2n) is 3.94. The fraction of sp³-hybridized carbons (Fsp3) is 0.444. The Balaban J connectivity index is 2.34. The van der Waals surface area contributed by atoms with Gasteiger partial charge in [0.1, 0.15) is 11.5 Å². The molecule has 1 fully saturated rings. The van der Waals surface area contributed by atoms with E-state index in [2.05, 4.69) is 15.0 Å². The summed E-state index contributed by atoms with van der Waals surface area (Å²) in [6, 6.07) is 0. The Labute approximate surface area is 86.6 Å². The highest BCUT2D eigenvalue weighted by atomic mass is 15.4. The summed E-state index contributed by atoms with van der Waals surface area (Å²) in [5, 5.41) is 0. The molecule has 0 aromatic carbocycles. The molecule has 0 bridgehead atoms. The van der Waals surface area contributed by atoms with Crippen molar-refractivity contribution in [2.24, 2.45) is 0 Å². The molecule has 0 atom stereocenters. The summed E-state index contributed by atoms with van der Waals surface area (Å²) in [7, 11) is 0. The highest BCUT2D eigenvalue weighted by Gasteiger charge is 2.33. The topological polar surface area (TPSA) is 95.6 Å². The maximum absolute atomic E-state index is 5.86. The Morgan fingerprint density at radius 3 is 2.67 bits per heavy atom. The minimum Gasteiger partial charge on any atom is -0.368 e. The van der Waals surface area contributed by atoms with Crippen molar-refractivity contribution in [3.8, 4) is 11.5 Å². The number of hydrogen-bond acceptors (Lipinski definition) is 5. The van der Waals surface area contributed by atoms with Gasteiger partial charge in [-0.15, -0.1) is 0 Å². The minimum atomic E-state index is 0.296. The number of nitrogens with two attached hydrogens (primary N) is 2. The lowest BCUT2D eigenvalue weighted by molar-refractivity contribution is 0.840. The van der Waals surface area contributed by atoms with E-state index in [4.69, 9.17) is 11.6 Å². The van der Waals surface area contributed by atoms with E-state index in [1.807, 2.05) is 6.92 Å². The molecule has 15 heavy (non-hydrogen) atoms. The Bertz CT molecular complexity index is 498. The van der Waals surface area contributed by atoms with E-state index in [0.717, 1.165) is 24.2 Å². The first-order chi connectivity index (χ1) is 7.16. The van der Waals surface area contributed by atoms with Crippen molar-refractivity contribution in [3.05, 3.63) is 11.5 Å². The molecule has 1 aliphatic carbocycles. The third-order valence-electron chi connectivity index (χ3n) is 2.69. The molecule has 0 aromatic rings. The molecule has 6 heteroatoms. The Kier molecular flexibility index (Phi) is 1.46. The van der Waals surface area contributed by atoms with E-state index in [1.165, 1.54) is 4.68 Å². The average Bonchev–Trinajstić information content (AvgIpc) is 2.92. The van der Waals surface area contributed by atoms with E-state index in [1.54, 1.807) is 0 Å². The van der Waals surface area contributed by atoms with Crippen molar-refractivity contribution in [2.45, 2.75) is 25.7 Å². The summed E-state index contributed by atoms with van der Waals surface area (Å²) < 4.78 is 1.44. The van der Waals surface area contributed by atoms with E-state index in [9.17, 15) is 0 Å². The van der Waals surface area contributed by atoms with Crippen molar-refractivity contribution < 1.29 is 0 Å². The predicted molar refractivity (Wildman–Crippen MR) is 55.7 cm³/mol. The Morgan fingerprint density at radius 1 is 1.27 bits per heavy atom. The quantitative estimate of drug-likeness (QED) is 0.649. The van der Waals surface area contributed by atoms with E-state index >= 15 is 0 Å². The predicted octanol–water partition coefficient (Wildman–Crippen LogP) is 0.260. The van der Waals surface area contributed by atoms with Gasteiger partial charge in [0.05, 0.1) is 5.69 Å². The number of imidazole rings is 1. The molecule has 3 rings (SSSR count). The van der Waals surface area contributed by atoms with Crippen LogP contribution in [0.5, 0.6) is 0 Å². The molecule has 78 valence electrons. The second-order valence-corrected chi connectivity index (χ2v) is 3.94. The highest BCUT2D eigenvalue weighted by molar-refractivity contribution is 5.59. The van der Waals surface area contributed by atoms with Gasteiger partial charge in [-0.1, -0.05) is 0 Å². The van der Waals surface area contributed by atoms with Gasteiger partial charge >= 0.3 is 0 Å². The fourth-order valence-corrected chi connectivity index (χ4v) is 1.84. The molecule has 0 radical (unpaired) electrons. The number of nitrogens with zero attached hydrogens (tertiary/aromatic N) is 4. The molecule has 0 saturated heterocycles. The second kappa shape index (κ2) is 2.59. The lowest BCUT2D eigenvalue weighted by atomic mass is 10.2. The first-order valence-electron chi connectivity index (χ1n) is 4.94. The van der Waals surface area contributed by atoms with Gasteiger partial charge in [0.15, 0.2) is 5.82 Å². The third kappa shape index (κ3) is 1.14. The SMILES string of the molecule is Cc1nc2nc(N)n(N)c(C3CC3)c-2n1. The van der Waals surface area contributed by atoms with Crippen LogP contribution < -0.4 is 11.6 Å². The molecule has 0 spiro atoms. The monoisotopic (exact) mass is 204 g/mol. The number of nitrogen functional groups attached to an aromatic ring is 2. The summed E-state index contributed by atoms with van der Waals surface area (Å²) >= 11 is 0. The van der Waals surface area contributed by atoms with E-state index in [-0.39, 0.29) is 0 Å². The van der Waals surface area contributed by atoms with E-state index in [0.29, 0.717) is 23.5 Å². The largest absolute Gasteiger partial charge is 0.368 e. The van der Waals surface area contributed by atoms with Gasteiger partial charge in [-0.05, 0) is 19.8 Å². The summed E-state index contributed by atoms with van der Waals surface area (Å²) in [6.07, 6.45) is 2.28. The third-order valence-corrected chi connectivity index (χ3v) is 2.69. The molecule has 3 aliphatic rings. The first-order valence-corrected chi connectivity index (χ1v) is 4.94. The summed E-state index contributed by atoms with van der Waals surface area (Å²) in [5.74, 6) is 7.95. The molecule has 2 aliphatic heterocycles. The van der Waals surface area contributed by atoms with Gasteiger partial charge in [-0.3, -0.25) is 0 Å². The van der Waals surface area contributed by atoms with Gasteiger partial charge in [0.25, 0.3) is 0 Å². The van der Waals surface area contributed by atoms with Gasteiger partial charge in [-0.25, -0.2) is 14.6 Å². The fourth-order valence-electron chi connectivity index (χ4n) is 1.84. The van der Waals surface area contributed by atoms with Crippen molar-refractivity contribution in [1.82, 2.24) is 19.6 Å². The number of aromatic nitrogens is 4. The van der Waals surface area contributed by atoms with Crippen LogP contribution in [0.15, 0.2) is 0 Å². The molecule has 0 amide bonds. The lowest BCUT2D eigenvalue weighted by Crippen LogP contribution is -2.21. The number of aryl methyl sites for hydroxylation is 1. The summed E-state index contributed by atoms with van der Waals surface area (Å²) in [5.41, 5.74) is 7.49. The Hall–Kier alpha value is -1.85. The average molecular weight is 204 g/mol. The molecule has 0 unspecified atom stereocenters. The van der Waals surface area contributed by atoms with Crippen LogP contribution >= 0.6 is 0 Å². The normalized spacial score (nSPS) is 16.1.